The van der Waals surface area contributed by atoms with E-state index in [1.54, 1.807) is 22.7 Å². The van der Waals surface area contributed by atoms with Gasteiger partial charge in [0.2, 0.25) is 0 Å². The number of benzene rings is 2. The number of aryl methyl sites for hydroxylation is 2. The molecule has 4 nitrogen and oxygen atoms in total. The monoisotopic (exact) mass is 573 g/mol. The Morgan fingerprint density at radius 1 is 0.846 bits per heavy atom. The summed E-state index contributed by atoms with van der Waals surface area (Å²) >= 11 is 3.32. The number of thiophene rings is 2. The number of amides is 2. The van der Waals surface area contributed by atoms with E-state index in [1.807, 2.05) is 56.3 Å². The zero-order valence-corrected chi connectivity index (χ0v) is 26.3. The summed E-state index contributed by atoms with van der Waals surface area (Å²) < 4.78 is 7.62. The second-order valence-corrected chi connectivity index (χ2v) is 19.1. The van der Waals surface area contributed by atoms with E-state index in [4.69, 9.17) is 4.43 Å². The van der Waals surface area contributed by atoms with Crippen LogP contribution < -0.4 is 0 Å². The first kappa shape index (κ1) is 27.7. The number of rotatable bonds is 7. The van der Waals surface area contributed by atoms with E-state index >= 15 is 0 Å². The molecule has 2 aromatic carbocycles. The van der Waals surface area contributed by atoms with E-state index in [-0.39, 0.29) is 23.4 Å². The first-order valence-corrected chi connectivity index (χ1v) is 17.8. The summed E-state index contributed by atoms with van der Waals surface area (Å²) in [6.45, 7) is 16.0. The fraction of sp³-hybridized carbons (Fsp3) is 0.312. The van der Waals surface area contributed by atoms with Crippen molar-refractivity contribution < 1.29 is 14.0 Å². The Hall–Kier alpha value is -2.84. The molecule has 4 aromatic rings. The summed E-state index contributed by atoms with van der Waals surface area (Å²) in [6.07, 6.45) is 0. The first-order chi connectivity index (χ1) is 18.4. The van der Waals surface area contributed by atoms with Crippen LogP contribution in [0.4, 0.5) is 0 Å². The Balaban J connectivity index is 1.62. The lowest BCUT2D eigenvalue weighted by Crippen LogP contribution is -2.40. The third-order valence-corrected chi connectivity index (χ3v) is 14.6. The van der Waals surface area contributed by atoms with Gasteiger partial charge in [-0.05, 0) is 49.7 Å². The first-order valence-electron chi connectivity index (χ1n) is 13.3. The Labute approximate surface area is 240 Å². The van der Waals surface area contributed by atoms with Gasteiger partial charge in [-0.2, -0.15) is 0 Å². The molecule has 1 aliphatic rings. The molecule has 1 aliphatic heterocycles. The highest BCUT2D eigenvalue weighted by Crippen LogP contribution is 2.45. The van der Waals surface area contributed by atoms with Gasteiger partial charge in [-0.15, -0.1) is 22.7 Å². The van der Waals surface area contributed by atoms with Gasteiger partial charge >= 0.3 is 0 Å². The van der Waals surface area contributed by atoms with Crippen molar-refractivity contribution in [3.05, 3.63) is 92.0 Å². The SMILES string of the molecule is Cc1sc(CO[Si](C)(C)C(C)(C)C)cc1C1=C(c2c(C)sc3ccccc23)C(=O)N(Cc2ccccc2)C1=O. The molecule has 0 bridgehead atoms. The molecule has 0 radical (unpaired) electrons. The number of nitrogens with zero attached hydrogens (tertiary/aromatic N) is 1. The molecule has 0 atom stereocenters. The number of fused-ring (bicyclic) bond motifs is 1. The van der Waals surface area contributed by atoms with Crippen LogP contribution in [0.2, 0.25) is 18.1 Å². The predicted molar refractivity (Wildman–Crippen MR) is 166 cm³/mol. The lowest BCUT2D eigenvalue weighted by Gasteiger charge is -2.36. The molecule has 0 spiro atoms. The molecule has 2 amide bonds. The Morgan fingerprint density at radius 2 is 1.49 bits per heavy atom. The van der Waals surface area contributed by atoms with E-state index in [2.05, 4.69) is 52.1 Å². The summed E-state index contributed by atoms with van der Waals surface area (Å²) in [5.41, 5.74) is 3.67. The fourth-order valence-electron chi connectivity index (χ4n) is 4.78. The van der Waals surface area contributed by atoms with Crippen LogP contribution >= 0.6 is 22.7 Å². The smallest absolute Gasteiger partial charge is 0.262 e. The minimum absolute atomic E-state index is 0.112. The number of carbonyl (C=O) groups is 2. The molecule has 0 N–H and O–H groups in total. The number of imide groups is 1. The van der Waals surface area contributed by atoms with Gasteiger partial charge in [-0.1, -0.05) is 69.3 Å². The third kappa shape index (κ3) is 5.09. The van der Waals surface area contributed by atoms with Crippen molar-refractivity contribution in [1.29, 1.82) is 0 Å². The maximum Gasteiger partial charge on any atom is 0.262 e. The number of hydrogen-bond acceptors (Lipinski definition) is 5. The van der Waals surface area contributed by atoms with Crippen molar-refractivity contribution in [2.24, 2.45) is 0 Å². The van der Waals surface area contributed by atoms with Crippen molar-refractivity contribution >= 4 is 64.0 Å². The van der Waals surface area contributed by atoms with E-state index in [0.29, 0.717) is 17.8 Å². The van der Waals surface area contributed by atoms with Crippen LogP contribution in [-0.2, 0) is 27.2 Å². The van der Waals surface area contributed by atoms with Crippen LogP contribution in [0.15, 0.2) is 60.7 Å². The quantitative estimate of drug-likeness (QED) is 0.164. The molecule has 0 saturated carbocycles. The van der Waals surface area contributed by atoms with Crippen LogP contribution in [0, 0.1) is 13.8 Å². The van der Waals surface area contributed by atoms with Gasteiger partial charge in [-0.3, -0.25) is 14.5 Å². The van der Waals surface area contributed by atoms with E-state index in [9.17, 15) is 9.59 Å². The van der Waals surface area contributed by atoms with E-state index in [1.165, 1.54) is 4.90 Å². The zero-order valence-electron chi connectivity index (χ0n) is 23.7. The second-order valence-electron chi connectivity index (χ2n) is 11.7. The standard InChI is InChI=1S/C32H35NO3S2Si/c1-20-25(17-23(37-20)19-36-39(6,7)32(3,4)5)28-29(27-21(2)38-26-16-12-11-15-24(26)27)31(35)33(30(28)34)18-22-13-9-8-10-14-22/h8-17H,18-19H2,1-7H3. The van der Waals surface area contributed by atoms with Crippen molar-refractivity contribution in [2.75, 3.05) is 0 Å². The van der Waals surface area contributed by atoms with Crippen molar-refractivity contribution in [3.8, 4) is 0 Å². The van der Waals surface area contributed by atoms with Gasteiger partial charge in [0.15, 0.2) is 8.32 Å². The molecule has 5 rings (SSSR count). The molecule has 0 fully saturated rings. The summed E-state index contributed by atoms with van der Waals surface area (Å²) in [7, 11) is -1.93. The molecule has 3 heterocycles. The molecular formula is C32H35NO3S2Si. The van der Waals surface area contributed by atoms with Crippen molar-refractivity contribution in [1.82, 2.24) is 4.90 Å². The van der Waals surface area contributed by atoms with Gasteiger partial charge < -0.3 is 4.43 Å². The zero-order chi connectivity index (χ0) is 28.1. The van der Waals surface area contributed by atoms with Crippen LogP contribution in [-0.4, -0.2) is 25.0 Å². The van der Waals surface area contributed by atoms with Crippen LogP contribution in [0.1, 0.15) is 52.1 Å². The molecule has 39 heavy (non-hydrogen) atoms. The lowest BCUT2D eigenvalue weighted by molar-refractivity contribution is -0.136. The summed E-state index contributed by atoms with van der Waals surface area (Å²) in [5.74, 6) is -0.457. The van der Waals surface area contributed by atoms with Gasteiger partial charge in [0.05, 0.1) is 24.3 Å². The van der Waals surface area contributed by atoms with E-state index in [0.717, 1.165) is 41.4 Å². The van der Waals surface area contributed by atoms with Crippen LogP contribution in [0.5, 0.6) is 0 Å². The summed E-state index contributed by atoms with van der Waals surface area (Å²) in [5, 5.41) is 1.13. The van der Waals surface area contributed by atoms with E-state index < -0.39 is 8.32 Å². The maximum atomic E-state index is 14.1. The topological polar surface area (TPSA) is 46.6 Å². The molecule has 7 heteroatoms. The predicted octanol–water partition coefficient (Wildman–Crippen LogP) is 8.58. The lowest BCUT2D eigenvalue weighted by atomic mass is 9.94. The molecule has 0 saturated heterocycles. The largest absolute Gasteiger partial charge is 0.412 e. The van der Waals surface area contributed by atoms with Gasteiger partial charge in [0, 0.05) is 35.8 Å². The average molecular weight is 574 g/mol. The summed E-state index contributed by atoms with van der Waals surface area (Å²) in [6, 6.07) is 19.9. The third-order valence-electron chi connectivity index (χ3n) is 7.99. The Bertz CT molecular complexity index is 1610. The number of carbonyl (C=O) groups excluding carboxylic acids is 2. The average Bonchev–Trinajstić information content (AvgIpc) is 3.48. The molecular weight excluding hydrogens is 539 g/mol. The van der Waals surface area contributed by atoms with Crippen molar-refractivity contribution in [2.45, 2.75) is 65.9 Å². The van der Waals surface area contributed by atoms with Gasteiger partial charge in [0.25, 0.3) is 11.8 Å². The molecule has 0 unspecified atom stereocenters. The minimum atomic E-state index is -1.93. The minimum Gasteiger partial charge on any atom is -0.412 e. The highest BCUT2D eigenvalue weighted by atomic mass is 32.1. The maximum absolute atomic E-state index is 14.1. The van der Waals surface area contributed by atoms with Crippen LogP contribution in [0.25, 0.3) is 21.2 Å². The van der Waals surface area contributed by atoms with Crippen molar-refractivity contribution in [3.63, 3.8) is 0 Å². The fourth-order valence-corrected chi connectivity index (χ4v) is 7.86. The van der Waals surface area contributed by atoms with Crippen LogP contribution in [0.3, 0.4) is 0 Å². The molecule has 202 valence electrons. The summed E-state index contributed by atoms with van der Waals surface area (Å²) in [4.78, 5) is 32.8. The van der Waals surface area contributed by atoms with Gasteiger partial charge in [0.1, 0.15) is 0 Å². The highest BCUT2D eigenvalue weighted by Gasteiger charge is 2.42. The molecule has 0 aliphatic carbocycles. The number of hydrogen-bond donors (Lipinski definition) is 0. The second kappa shape index (κ2) is 10.3. The normalized spacial score (nSPS) is 14.8. The van der Waals surface area contributed by atoms with Gasteiger partial charge in [-0.25, -0.2) is 0 Å². The Morgan fingerprint density at radius 3 is 2.18 bits per heavy atom. The highest BCUT2D eigenvalue weighted by molar-refractivity contribution is 7.19. The Kier molecular flexibility index (Phi) is 7.31. The molecule has 2 aromatic heterocycles.